The maximum atomic E-state index is 14.0. The van der Waals surface area contributed by atoms with Crippen molar-refractivity contribution in [3.05, 3.63) is 51.7 Å². The van der Waals surface area contributed by atoms with Crippen LogP contribution in [0.3, 0.4) is 0 Å². The first-order chi connectivity index (χ1) is 11.9. The molecule has 1 saturated heterocycles. The minimum atomic E-state index is -2.36. The van der Waals surface area contributed by atoms with Gasteiger partial charge in [-0.25, -0.2) is 18.6 Å². The Morgan fingerprint density at radius 3 is 2.68 bits per heavy atom. The van der Waals surface area contributed by atoms with Crippen LogP contribution in [0, 0.1) is 5.82 Å². The Balaban J connectivity index is 1.59. The summed E-state index contributed by atoms with van der Waals surface area (Å²) in [4.78, 5) is 28.7. The van der Waals surface area contributed by atoms with Crippen molar-refractivity contribution < 1.29 is 23.5 Å². The molecule has 0 spiro atoms. The quantitative estimate of drug-likeness (QED) is 0.882. The van der Waals surface area contributed by atoms with Gasteiger partial charge in [0, 0.05) is 24.8 Å². The van der Waals surface area contributed by atoms with Crippen molar-refractivity contribution in [2.45, 2.75) is 24.9 Å². The van der Waals surface area contributed by atoms with E-state index in [1.165, 1.54) is 28.4 Å². The lowest BCUT2D eigenvalue weighted by Crippen LogP contribution is -2.39. The van der Waals surface area contributed by atoms with Crippen LogP contribution < -0.4 is 0 Å². The van der Waals surface area contributed by atoms with Gasteiger partial charge < -0.3 is 10.0 Å². The predicted octanol–water partition coefficient (Wildman–Crippen LogP) is 2.44. The normalized spacial score (nSPS) is 20.0. The maximum absolute atomic E-state index is 14.0. The lowest BCUT2D eigenvalue weighted by molar-refractivity contribution is -0.150. The highest BCUT2D eigenvalue weighted by atomic mass is 32.1. The Bertz CT molecular complexity index is 793. The van der Waals surface area contributed by atoms with E-state index in [9.17, 15) is 18.4 Å². The molecule has 3 rings (SSSR count). The number of carbonyl (C=O) groups is 2. The Morgan fingerprint density at radius 2 is 2.04 bits per heavy atom. The zero-order valence-electron chi connectivity index (χ0n) is 13.2. The molecule has 1 aliphatic heterocycles. The number of hydrogen-bond acceptors (Lipinski definition) is 4. The molecule has 1 unspecified atom stereocenters. The van der Waals surface area contributed by atoms with Crippen LogP contribution in [0.5, 0.6) is 0 Å². The molecule has 1 amide bonds. The van der Waals surface area contributed by atoms with Gasteiger partial charge in [0.05, 0.1) is 23.7 Å². The molecule has 132 valence electrons. The second kappa shape index (κ2) is 6.87. The molecule has 25 heavy (non-hydrogen) atoms. The summed E-state index contributed by atoms with van der Waals surface area (Å²) in [6, 6.07) is 6.12. The number of nitrogens with zero attached hydrogens (tertiary/aromatic N) is 2. The zero-order valence-corrected chi connectivity index (χ0v) is 14.1. The summed E-state index contributed by atoms with van der Waals surface area (Å²) in [5.41, 5.74) is -0.874. The maximum Gasteiger partial charge on any atom is 0.343 e. The SMILES string of the molecule is O=C(Cc1csc(Cc2ccc(F)cc2)n1)N1CCC(F)(C(=O)O)C1. The van der Waals surface area contributed by atoms with E-state index < -0.39 is 18.2 Å². The lowest BCUT2D eigenvalue weighted by Gasteiger charge is -2.17. The molecule has 0 saturated carbocycles. The molecular formula is C17H16F2N2O3S. The third kappa shape index (κ3) is 4.01. The van der Waals surface area contributed by atoms with Crippen LogP contribution in [0.4, 0.5) is 8.78 Å². The third-order valence-electron chi connectivity index (χ3n) is 4.16. The van der Waals surface area contributed by atoms with Gasteiger partial charge in [-0.05, 0) is 17.7 Å². The van der Waals surface area contributed by atoms with E-state index in [2.05, 4.69) is 4.98 Å². The predicted molar refractivity (Wildman–Crippen MR) is 87.7 cm³/mol. The number of benzene rings is 1. The van der Waals surface area contributed by atoms with Gasteiger partial charge in [0.1, 0.15) is 5.82 Å². The van der Waals surface area contributed by atoms with Crippen LogP contribution in [-0.4, -0.2) is 45.6 Å². The molecule has 2 heterocycles. The first-order valence-corrected chi connectivity index (χ1v) is 8.61. The molecular weight excluding hydrogens is 350 g/mol. The number of hydrogen-bond donors (Lipinski definition) is 1. The van der Waals surface area contributed by atoms with Crippen LogP contribution in [0.1, 0.15) is 22.7 Å². The van der Waals surface area contributed by atoms with E-state index in [4.69, 9.17) is 5.11 Å². The molecule has 2 aromatic rings. The summed E-state index contributed by atoms with van der Waals surface area (Å²) < 4.78 is 26.9. The molecule has 1 N–H and O–H groups in total. The molecule has 1 aromatic carbocycles. The summed E-state index contributed by atoms with van der Waals surface area (Å²) in [5.74, 6) is -2.16. The molecule has 0 radical (unpaired) electrons. The van der Waals surface area contributed by atoms with Gasteiger partial charge in [-0.15, -0.1) is 11.3 Å². The molecule has 1 aromatic heterocycles. The van der Waals surface area contributed by atoms with Crippen molar-refractivity contribution >= 4 is 23.2 Å². The topological polar surface area (TPSA) is 70.5 Å². The Kier molecular flexibility index (Phi) is 4.80. The van der Waals surface area contributed by atoms with E-state index in [0.29, 0.717) is 12.1 Å². The van der Waals surface area contributed by atoms with Crippen molar-refractivity contribution in [2.24, 2.45) is 0 Å². The Labute approximate surface area is 146 Å². The number of carboxylic acid groups (broad SMARTS) is 1. The van der Waals surface area contributed by atoms with E-state index in [-0.39, 0.29) is 31.1 Å². The van der Waals surface area contributed by atoms with Crippen LogP contribution >= 0.6 is 11.3 Å². The Hall–Kier alpha value is -2.35. The smallest absolute Gasteiger partial charge is 0.343 e. The van der Waals surface area contributed by atoms with Gasteiger partial charge in [0.2, 0.25) is 11.6 Å². The van der Waals surface area contributed by atoms with E-state index in [1.807, 2.05) is 0 Å². The van der Waals surface area contributed by atoms with Gasteiger partial charge >= 0.3 is 5.97 Å². The average molecular weight is 366 g/mol. The molecule has 1 fully saturated rings. The number of alkyl halides is 1. The van der Waals surface area contributed by atoms with Crippen molar-refractivity contribution in [3.8, 4) is 0 Å². The van der Waals surface area contributed by atoms with Crippen molar-refractivity contribution in [1.29, 1.82) is 0 Å². The van der Waals surface area contributed by atoms with E-state index >= 15 is 0 Å². The highest BCUT2D eigenvalue weighted by Crippen LogP contribution is 2.26. The largest absolute Gasteiger partial charge is 0.479 e. The number of aromatic nitrogens is 1. The van der Waals surface area contributed by atoms with E-state index in [0.717, 1.165) is 10.6 Å². The van der Waals surface area contributed by atoms with Crippen LogP contribution in [-0.2, 0) is 22.4 Å². The van der Waals surface area contributed by atoms with Crippen LogP contribution in [0.2, 0.25) is 0 Å². The van der Waals surface area contributed by atoms with Gasteiger partial charge in [-0.2, -0.15) is 0 Å². The molecule has 0 aliphatic carbocycles. The number of carboxylic acids is 1. The zero-order chi connectivity index (χ0) is 18.0. The molecule has 5 nitrogen and oxygen atoms in total. The third-order valence-corrected chi connectivity index (χ3v) is 5.05. The summed E-state index contributed by atoms with van der Waals surface area (Å²) in [7, 11) is 0. The standard InChI is InChI=1S/C17H16F2N2O3S/c18-12-3-1-11(2-4-12)7-14-20-13(9-25-14)8-15(22)21-6-5-17(19,10-21)16(23)24/h1-4,9H,5-8,10H2,(H,23,24). The van der Waals surface area contributed by atoms with Crippen molar-refractivity contribution in [2.75, 3.05) is 13.1 Å². The number of halogens is 2. The summed E-state index contributed by atoms with van der Waals surface area (Å²) in [6.45, 7) is -0.331. The molecule has 8 heteroatoms. The number of likely N-dealkylation sites (tertiary alicyclic amines) is 1. The fraction of sp³-hybridized carbons (Fsp3) is 0.353. The molecule has 1 atom stereocenters. The fourth-order valence-corrected chi connectivity index (χ4v) is 3.54. The minimum absolute atomic E-state index is 0.00954. The number of aliphatic carboxylic acids is 1. The highest BCUT2D eigenvalue weighted by molar-refractivity contribution is 7.09. The fourth-order valence-electron chi connectivity index (χ4n) is 2.72. The van der Waals surface area contributed by atoms with Crippen molar-refractivity contribution in [3.63, 3.8) is 0 Å². The lowest BCUT2D eigenvalue weighted by atomic mass is 10.1. The van der Waals surface area contributed by atoms with Gasteiger partial charge in [0.25, 0.3) is 0 Å². The van der Waals surface area contributed by atoms with Gasteiger partial charge in [-0.1, -0.05) is 12.1 Å². The van der Waals surface area contributed by atoms with Crippen LogP contribution in [0.15, 0.2) is 29.6 Å². The highest BCUT2D eigenvalue weighted by Gasteiger charge is 2.46. The molecule has 0 bridgehead atoms. The monoisotopic (exact) mass is 366 g/mol. The van der Waals surface area contributed by atoms with Gasteiger partial charge in [0.15, 0.2) is 0 Å². The number of rotatable bonds is 5. The second-order valence-corrected chi connectivity index (χ2v) is 6.99. The first-order valence-electron chi connectivity index (χ1n) is 7.73. The summed E-state index contributed by atoms with van der Waals surface area (Å²) >= 11 is 1.39. The number of amides is 1. The van der Waals surface area contributed by atoms with Crippen LogP contribution in [0.25, 0.3) is 0 Å². The number of carbonyl (C=O) groups excluding carboxylic acids is 1. The average Bonchev–Trinajstić information content (AvgIpc) is 3.17. The first kappa shape index (κ1) is 17.5. The second-order valence-electron chi connectivity index (χ2n) is 6.05. The van der Waals surface area contributed by atoms with Gasteiger partial charge in [-0.3, -0.25) is 4.79 Å². The van der Waals surface area contributed by atoms with E-state index in [1.54, 1.807) is 17.5 Å². The van der Waals surface area contributed by atoms with Crippen molar-refractivity contribution in [1.82, 2.24) is 9.88 Å². The number of thiazole rings is 1. The summed E-state index contributed by atoms with van der Waals surface area (Å²) in [6.07, 6.45) is 0.353. The molecule has 1 aliphatic rings. The summed E-state index contributed by atoms with van der Waals surface area (Å²) in [5, 5.41) is 11.4. The Morgan fingerprint density at radius 1 is 1.32 bits per heavy atom. The minimum Gasteiger partial charge on any atom is -0.479 e.